The van der Waals surface area contributed by atoms with Gasteiger partial charge in [0.05, 0.1) is 13.2 Å². The highest BCUT2D eigenvalue weighted by molar-refractivity contribution is 6.74. The molecule has 6 heteroatoms. The van der Waals surface area contributed by atoms with Gasteiger partial charge in [-0.15, -0.1) is 0 Å². The Balaban J connectivity index is 2.42. The zero-order valence-electron chi connectivity index (χ0n) is 18.9. The molecular formula is C23H35NO4Si. The molecule has 1 atom stereocenters. The first-order valence-electron chi connectivity index (χ1n) is 10.3. The summed E-state index contributed by atoms with van der Waals surface area (Å²) in [5.41, 5.74) is 1.05. The fourth-order valence-corrected chi connectivity index (χ4v) is 4.53. The summed E-state index contributed by atoms with van der Waals surface area (Å²) in [6, 6.07) is 7.74. The monoisotopic (exact) mass is 417 g/mol. The van der Waals surface area contributed by atoms with E-state index in [1.165, 1.54) is 7.11 Å². The number of carbonyl (C=O) groups excluding carboxylic acids is 1. The second-order valence-corrected chi connectivity index (χ2v) is 14.0. The number of aromatic nitrogens is 1. The summed E-state index contributed by atoms with van der Waals surface area (Å²) in [4.78, 5) is 24.1. The molecule has 0 aliphatic rings. The van der Waals surface area contributed by atoms with E-state index in [0.29, 0.717) is 11.8 Å². The molecule has 0 spiro atoms. The number of hydrogen-bond acceptors (Lipinski definition) is 4. The molecule has 1 aromatic heterocycles. The lowest BCUT2D eigenvalue weighted by Gasteiger charge is -2.39. The van der Waals surface area contributed by atoms with E-state index in [1.807, 2.05) is 30.5 Å². The Morgan fingerprint density at radius 1 is 1.14 bits per heavy atom. The van der Waals surface area contributed by atoms with Crippen molar-refractivity contribution in [3.8, 4) is 0 Å². The van der Waals surface area contributed by atoms with Crippen LogP contribution in [0.15, 0.2) is 35.3 Å². The zero-order valence-corrected chi connectivity index (χ0v) is 19.9. The highest BCUT2D eigenvalue weighted by Crippen LogP contribution is 2.41. The molecule has 0 bridgehead atoms. The highest BCUT2D eigenvalue weighted by Gasteiger charge is 2.39. The summed E-state index contributed by atoms with van der Waals surface area (Å²) >= 11 is 0. The second kappa shape index (κ2) is 9.26. The maximum absolute atomic E-state index is 12.6. The molecule has 0 saturated carbocycles. The number of fused-ring (bicyclic) bond motifs is 1. The van der Waals surface area contributed by atoms with Crippen LogP contribution in [0.2, 0.25) is 18.1 Å². The summed E-state index contributed by atoms with van der Waals surface area (Å²) in [5, 5.41) is 1.74. The van der Waals surface area contributed by atoms with E-state index >= 15 is 0 Å². The van der Waals surface area contributed by atoms with E-state index < -0.39 is 8.32 Å². The lowest BCUT2D eigenvalue weighted by molar-refractivity contribution is -0.140. The van der Waals surface area contributed by atoms with Crippen molar-refractivity contribution in [1.82, 2.24) is 4.57 Å². The van der Waals surface area contributed by atoms with Gasteiger partial charge in [-0.25, -0.2) is 0 Å². The predicted octanol–water partition coefficient (Wildman–Crippen LogP) is 5.33. The van der Waals surface area contributed by atoms with Crippen molar-refractivity contribution in [2.24, 2.45) is 7.05 Å². The Morgan fingerprint density at radius 3 is 2.34 bits per heavy atom. The zero-order chi connectivity index (χ0) is 21.8. The number of ether oxygens (including phenoxy) is 1. The van der Waals surface area contributed by atoms with Crippen LogP contribution in [0.5, 0.6) is 0 Å². The molecule has 2 aromatic rings. The van der Waals surface area contributed by atoms with Crippen molar-refractivity contribution < 1.29 is 14.0 Å². The fourth-order valence-electron chi connectivity index (χ4n) is 3.22. The molecule has 5 nitrogen and oxygen atoms in total. The summed E-state index contributed by atoms with van der Waals surface area (Å²) in [6.07, 6.45) is 4.62. The quantitative estimate of drug-likeness (QED) is 0.331. The van der Waals surface area contributed by atoms with Gasteiger partial charge in [0.2, 0.25) is 0 Å². The Bertz CT molecular complexity index is 911. The van der Waals surface area contributed by atoms with Crippen LogP contribution in [0, 0.1) is 0 Å². The van der Waals surface area contributed by atoms with Gasteiger partial charge in [0.1, 0.15) is 0 Å². The third-order valence-electron chi connectivity index (χ3n) is 6.04. The van der Waals surface area contributed by atoms with Gasteiger partial charge in [0.15, 0.2) is 8.32 Å². The highest BCUT2D eigenvalue weighted by atomic mass is 28.4. The Labute approximate surface area is 175 Å². The standard InChI is InChI=1S/C23H35NO4Si/c1-23(2,3)29(6,7)28-20(14-10-11-15-21(25)27-5)19-16-24(4)22(26)18-13-9-8-12-17(18)19/h8-9,12-13,16,20H,10-11,14-15H2,1-7H3. The van der Waals surface area contributed by atoms with Crippen LogP contribution in [0.4, 0.5) is 0 Å². The number of esters is 1. The number of aryl methyl sites for hydroxylation is 1. The first-order valence-corrected chi connectivity index (χ1v) is 13.2. The van der Waals surface area contributed by atoms with Crippen molar-refractivity contribution in [3.05, 3.63) is 46.4 Å². The largest absolute Gasteiger partial charge is 0.469 e. The van der Waals surface area contributed by atoms with Gasteiger partial charge in [0.25, 0.3) is 5.56 Å². The summed E-state index contributed by atoms with van der Waals surface area (Å²) in [6.45, 7) is 11.2. The van der Waals surface area contributed by atoms with E-state index in [0.717, 1.165) is 30.2 Å². The van der Waals surface area contributed by atoms with Gasteiger partial charge in [0, 0.05) is 30.6 Å². The molecule has 29 heavy (non-hydrogen) atoms. The van der Waals surface area contributed by atoms with Crippen LogP contribution >= 0.6 is 0 Å². The van der Waals surface area contributed by atoms with Gasteiger partial charge < -0.3 is 13.7 Å². The lowest BCUT2D eigenvalue weighted by Crippen LogP contribution is -2.42. The first-order chi connectivity index (χ1) is 13.5. The SMILES string of the molecule is COC(=O)CCCCC(O[Si](C)(C)C(C)(C)C)c1cn(C)c(=O)c2ccccc12. The molecular weight excluding hydrogens is 382 g/mol. The van der Waals surface area contributed by atoms with Crippen molar-refractivity contribution in [3.63, 3.8) is 0 Å². The molecule has 0 aliphatic heterocycles. The number of pyridine rings is 1. The van der Waals surface area contributed by atoms with E-state index in [1.54, 1.807) is 11.6 Å². The Hall–Kier alpha value is -1.92. The third kappa shape index (κ3) is 5.57. The van der Waals surface area contributed by atoms with Gasteiger partial charge in [-0.05, 0) is 48.8 Å². The van der Waals surface area contributed by atoms with Crippen LogP contribution in [0.1, 0.15) is 58.1 Å². The molecule has 0 aliphatic carbocycles. The van der Waals surface area contributed by atoms with Crippen molar-refractivity contribution in [2.75, 3.05) is 7.11 Å². The molecule has 0 amide bonds. The third-order valence-corrected chi connectivity index (χ3v) is 10.5. The van der Waals surface area contributed by atoms with E-state index in [4.69, 9.17) is 9.16 Å². The molecule has 0 radical (unpaired) electrons. The smallest absolute Gasteiger partial charge is 0.305 e. The average molecular weight is 418 g/mol. The minimum atomic E-state index is -2.04. The molecule has 2 rings (SSSR count). The maximum Gasteiger partial charge on any atom is 0.305 e. The molecule has 0 N–H and O–H groups in total. The number of methoxy groups -OCH3 is 1. The molecule has 0 fully saturated rings. The van der Waals surface area contributed by atoms with Gasteiger partial charge >= 0.3 is 5.97 Å². The topological polar surface area (TPSA) is 57.5 Å². The molecule has 1 unspecified atom stereocenters. The minimum absolute atomic E-state index is 0.00103. The average Bonchev–Trinajstić information content (AvgIpc) is 2.66. The number of nitrogens with zero attached hydrogens (tertiary/aromatic N) is 1. The first kappa shape index (κ1) is 23.4. The predicted molar refractivity (Wildman–Crippen MR) is 121 cm³/mol. The van der Waals surface area contributed by atoms with Crippen molar-refractivity contribution in [2.45, 2.75) is 70.7 Å². The molecule has 1 aromatic carbocycles. The van der Waals surface area contributed by atoms with Crippen LogP contribution < -0.4 is 5.56 Å². The number of unbranched alkanes of at least 4 members (excludes halogenated alkanes) is 1. The van der Waals surface area contributed by atoms with E-state index in [2.05, 4.69) is 33.9 Å². The number of rotatable bonds is 8. The Kier molecular flexibility index (Phi) is 7.46. The van der Waals surface area contributed by atoms with Gasteiger partial charge in [-0.2, -0.15) is 0 Å². The lowest BCUT2D eigenvalue weighted by atomic mass is 9.99. The number of hydrogen-bond donors (Lipinski definition) is 0. The normalized spacial score (nSPS) is 13.5. The number of benzene rings is 1. The van der Waals surface area contributed by atoms with Crippen molar-refractivity contribution >= 4 is 25.1 Å². The molecule has 1 heterocycles. The summed E-state index contributed by atoms with van der Waals surface area (Å²) in [5.74, 6) is -0.181. The van der Waals surface area contributed by atoms with E-state index in [-0.39, 0.29) is 22.7 Å². The summed E-state index contributed by atoms with van der Waals surface area (Å²) in [7, 11) is 1.17. The van der Waals surface area contributed by atoms with Crippen LogP contribution in [-0.4, -0.2) is 26.0 Å². The minimum Gasteiger partial charge on any atom is -0.469 e. The van der Waals surface area contributed by atoms with E-state index in [9.17, 15) is 9.59 Å². The van der Waals surface area contributed by atoms with Gasteiger partial charge in [-0.3, -0.25) is 9.59 Å². The summed E-state index contributed by atoms with van der Waals surface area (Å²) < 4.78 is 13.2. The van der Waals surface area contributed by atoms with Crippen LogP contribution in [0.3, 0.4) is 0 Å². The van der Waals surface area contributed by atoms with Gasteiger partial charge in [-0.1, -0.05) is 39.0 Å². The Morgan fingerprint density at radius 2 is 1.76 bits per heavy atom. The van der Waals surface area contributed by atoms with Crippen LogP contribution in [0.25, 0.3) is 10.8 Å². The second-order valence-electron chi connectivity index (χ2n) is 9.23. The van der Waals surface area contributed by atoms with Crippen molar-refractivity contribution in [1.29, 1.82) is 0 Å². The molecule has 0 saturated heterocycles. The maximum atomic E-state index is 12.6. The number of carbonyl (C=O) groups is 1. The molecule has 160 valence electrons. The van der Waals surface area contributed by atoms with Crippen LogP contribution in [-0.2, 0) is 21.0 Å². The fraction of sp³-hybridized carbons (Fsp3) is 0.565.